The molecule has 1 saturated heterocycles. The fourth-order valence-electron chi connectivity index (χ4n) is 2.09. The van der Waals surface area contributed by atoms with E-state index in [9.17, 15) is 8.42 Å². The van der Waals surface area contributed by atoms with Gasteiger partial charge in [0.25, 0.3) is 0 Å². The normalized spacial score (nSPS) is 22.2. The van der Waals surface area contributed by atoms with Crippen LogP contribution in [-0.2, 0) is 16.3 Å². The van der Waals surface area contributed by atoms with Crippen LogP contribution in [-0.4, -0.2) is 32.5 Å². The Balaban J connectivity index is 1.82. The molecule has 0 aliphatic carbocycles. The lowest BCUT2D eigenvalue weighted by atomic mass is 10.1. The summed E-state index contributed by atoms with van der Waals surface area (Å²) in [6.45, 7) is 0.724. The molecule has 0 aromatic heterocycles. The van der Waals surface area contributed by atoms with Crippen molar-refractivity contribution in [2.45, 2.75) is 18.9 Å². The minimum Gasteiger partial charge on any atom is -0.313 e. The molecule has 1 aliphatic heterocycles. The third-order valence-corrected chi connectivity index (χ3v) is 5.43. The predicted octanol–water partition coefficient (Wildman–Crippen LogP) is 2.31. The van der Waals surface area contributed by atoms with E-state index in [2.05, 4.69) is 5.32 Å². The maximum absolute atomic E-state index is 11.3. The molecule has 6 heteroatoms. The van der Waals surface area contributed by atoms with E-state index in [1.165, 1.54) is 0 Å². The van der Waals surface area contributed by atoms with Crippen molar-refractivity contribution in [1.82, 2.24) is 5.32 Å². The molecule has 1 heterocycles. The van der Waals surface area contributed by atoms with Gasteiger partial charge in [-0.05, 0) is 37.1 Å². The van der Waals surface area contributed by atoms with E-state index >= 15 is 0 Å². The molecular formula is C12H15Cl2NO2S. The zero-order chi connectivity index (χ0) is 13.2. The van der Waals surface area contributed by atoms with E-state index in [1.54, 1.807) is 6.07 Å². The maximum atomic E-state index is 11.3. The SMILES string of the molecule is O=S1(=O)CCC(NCCc2ccc(Cl)cc2Cl)C1. The Morgan fingerprint density at radius 2 is 2.11 bits per heavy atom. The third-order valence-electron chi connectivity index (χ3n) is 3.07. The Hall–Kier alpha value is -0.290. The lowest BCUT2D eigenvalue weighted by Crippen LogP contribution is -2.31. The number of hydrogen-bond donors (Lipinski definition) is 1. The van der Waals surface area contributed by atoms with Crippen LogP contribution in [0, 0.1) is 0 Å². The predicted molar refractivity (Wildman–Crippen MR) is 75.2 cm³/mol. The quantitative estimate of drug-likeness (QED) is 0.928. The molecule has 1 aliphatic rings. The molecule has 3 nitrogen and oxygen atoms in total. The summed E-state index contributed by atoms with van der Waals surface area (Å²) in [6, 6.07) is 5.51. The number of benzene rings is 1. The highest BCUT2D eigenvalue weighted by Crippen LogP contribution is 2.21. The van der Waals surface area contributed by atoms with E-state index in [0.29, 0.717) is 22.2 Å². The summed E-state index contributed by atoms with van der Waals surface area (Å²) < 4.78 is 22.6. The standard InChI is InChI=1S/C12H15Cl2NO2S/c13-10-2-1-9(12(14)7-10)3-5-15-11-4-6-18(16,17)8-11/h1-2,7,11,15H,3-6,8H2. The van der Waals surface area contributed by atoms with Gasteiger partial charge in [0.1, 0.15) is 0 Å². The zero-order valence-corrected chi connectivity index (χ0v) is 12.2. The number of rotatable bonds is 4. The molecule has 1 N–H and O–H groups in total. The first kappa shape index (κ1) is 14.1. The molecular weight excluding hydrogens is 293 g/mol. The highest BCUT2D eigenvalue weighted by Gasteiger charge is 2.26. The van der Waals surface area contributed by atoms with Crippen LogP contribution >= 0.6 is 23.2 Å². The summed E-state index contributed by atoms with van der Waals surface area (Å²) in [5.41, 5.74) is 1.02. The molecule has 1 unspecified atom stereocenters. The van der Waals surface area contributed by atoms with Crippen LogP contribution in [0.2, 0.25) is 10.0 Å². The monoisotopic (exact) mass is 307 g/mol. The average molecular weight is 308 g/mol. The lowest BCUT2D eigenvalue weighted by Gasteiger charge is -2.11. The highest BCUT2D eigenvalue weighted by atomic mass is 35.5. The molecule has 1 aromatic carbocycles. The summed E-state index contributed by atoms with van der Waals surface area (Å²) in [5, 5.41) is 4.54. The van der Waals surface area contributed by atoms with E-state index in [0.717, 1.165) is 18.5 Å². The van der Waals surface area contributed by atoms with E-state index in [1.807, 2.05) is 12.1 Å². The van der Waals surface area contributed by atoms with Gasteiger partial charge in [0.2, 0.25) is 0 Å². The minimum atomic E-state index is -2.81. The Morgan fingerprint density at radius 3 is 2.72 bits per heavy atom. The molecule has 0 amide bonds. The van der Waals surface area contributed by atoms with Crippen LogP contribution < -0.4 is 5.32 Å². The summed E-state index contributed by atoms with van der Waals surface area (Å²) in [5.74, 6) is 0.549. The van der Waals surface area contributed by atoms with Crippen molar-refractivity contribution in [3.05, 3.63) is 33.8 Å². The second-order valence-electron chi connectivity index (χ2n) is 4.54. The summed E-state index contributed by atoms with van der Waals surface area (Å²) >= 11 is 11.9. The fourth-order valence-corrected chi connectivity index (χ4v) is 4.30. The molecule has 1 fully saturated rings. The van der Waals surface area contributed by atoms with Gasteiger partial charge in [-0.25, -0.2) is 8.42 Å². The number of nitrogens with one attached hydrogen (secondary N) is 1. The highest BCUT2D eigenvalue weighted by molar-refractivity contribution is 7.91. The van der Waals surface area contributed by atoms with Crippen LogP contribution in [0.1, 0.15) is 12.0 Å². The molecule has 0 bridgehead atoms. The van der Waals surface area contributed by atoms with Crippen LogP contribution in [0.3, 0.4) is 0 Å². The second kappa shape index (κ2) is 5.78. The maximum Gasteiger partial charge on any atom is 0.151 e. The first-order valence-corrected chi connectivity index (χ1v) is 8.42. The van der Waals surface area contributed by atoms with Crippen molar-refractivity contribution in [2.75, 3.05) is 18.1 Å². The van der Waals surface area contributed by atoms with Gasteiger partial charge in [-0.1, -0.05) is 29.3 Å². The lowest BCUT2D eigenvalue weighted by molar-refractivity contribution is 0.557. The van der Waals surface area contributed by atoms with Gasteiger partial charge in [0.05, 0.1) is 11.5 Å². The largest absolute Gasteiger partial charge is 0.313 e. The van der Waals surface area contributed by atoms with Crippen LogP contribution in [0.15, 0.2) is 18.2 Å². The van der Waals surface area contributed by atoms with Gasteiger partial charge in [0.15, 0.2) is 9.84 Å². The number of sulfone groups is 1. The van der Waals surface area contributed by atoms with Crippen LogP contribution in [0.4, 0.5) is 0 Å². The summed E-state index contributed by atoms with van der Waals surface area (Å²) in [7, 11) is -2.81. The van der Waals surface area contributed by atoms with Crippen molar-refractivity contribution in [3.63, 3.8) is 0 Å². The summed E-state index contributed by atoms with van der Waals surface area (Å²) in [4.78, 5) is 0. The van der Waals surface area contributed by atoms with E-state index < -0.39 is 9.84 Å². The molecule has 1 aromatic rings. The van der Waals surface area contributed by atoms with Gasteiger partial charge < -0.3 is 5.32 Å². The van der Waals surface area contributed by atoms with E-state index in [4.69, 9.17) is 23.2 Å². The van der Waals surface area contributed by atoms with Crippen molar-refractivity contribution < 1.29 is 8.42 Å². The first-order chi connectivity index (χ1) is 8.46. The molecule has 0 saturated carbocycles. The Morgan fingerprint density at radius 1 is 1.33 bits per heavy atom. The molecule has 1 atom stereocenters. The first-order valence-electron chi connectivity index (χ1n) is 5.84. The fraction of sp³-hybridized carbons (Fsp3) is 0.500. The smallest absolute Gasteiger partial charge is 0.151 e. The Kier molecular flexibility index (Phi) is 4.54. The average Bonchev–Trinajstić information content (AvgIpc) is 2.61. The second-order valence-corrected chi connectivity index (χ2v) is 7.61. The molecule has 18 heavy (non-hydrogen) atoms. The van der Waals surface area contributed by atoms with Crippen molar-refractivity contribution in [3.8, 4) is 0 Å². The Labute approximate surface area is 117 Å². The van der Waals surface area contributed by atoms with Crippen molar-refractivity contribution >= 4 is 33.0 Å². The molecule has 2 rings (SSSR count). The van der Waals surface area contributed by atoms with Crippen LogP contribution in [0.25, 0.3) is 0 Å². The Bertz CT molecular complexity index is 531. The number of halogens is 2. The van der Waals surface area contributed by atoms with Crippen molar-refractivity contribution in [1.29, 1.82) is 0 Å². The number of hydrogen-bond acceptors (Lipinski definition) is 3. The zero-order valence-electron chi connectivity index (χ0n) is 9.83. The van der Waals surface area contributed by atoms with Gasteiger partial charge in [-0.2, -0.15) is 0 Å². The van der Waals surface area contributed by atoms with Crippen molar-refractivity contribution in [2.24, 2.45) is 0 Å². The van der Waals surface area contributed by atoms with Gasteiger partial charge in [0, 0.05) is 16.1 Å². The third kappa shape index (κ3) is 3.85. The van der Waals surface area contributed by atoms with Gasteiger partial charge in [-0.3, -0.25) is 0 Å². The summed E-state index contributed by atoms with van der Waals surface area (Å²) in [6.07, 6.45) is 1.48. The van der Waals surface area contributed by atoms with Gasteiger partial charge in [-0.15, -0.1) is 0 Å². The van der Waals surface area contributed by atoms with Gasteiger partial charge >= 0.3 is 0 Å². The topological polar surface area (TPSA) is 46.2 Å². The molecule has 100 valence electrons. The minimum absolute atomic E-state index is 0.0843. The molecule has 0 radical (unpaired) electrons. The molecule has 0 spiro atoms. The van der Waals surface area contributed by atoms with E-state index in [-0.39, 0.29) is 11.8 Å². The van der Waals surface area contributed by atoms with Crippen LogP contribution in [0.5, 0.6) is 0 Å².